The van der Waals surface area contributed by atoms with Gasteiger partial charge in [-0.05, 0) is 25.0 Å². The molecule has 0 spiro atoms. The Hall–Kier alpha value is -1.89. The van der Waals surface area contributed by atoms with E-state index in [2.05, 4.69) is 5.32 Å². The summed E-state index contributed by atoms with van der Waals surface area (Å²) in [7, 11) is -4.06. The maximum absolute atomic E-state index is 12.0. The molecule has 0 aliphatic carbocycles. The Kier molecular flexibility index (Phi) is 5.48. The van der Waals surface area contributed by atoms with Crippen LogP contribution in [-0.4, -0.2) is 36.4 Å². The number of hydrogen-bond acceptors (Lipinski definition) is 4. The molecule has 1 amide bonds. The van der Waals surface area contributed by atoms with Gasteiger partial charge in [-0.2, -0.15) is 0 Å². The van der Waals surface area contributed by atoms with E-state index >= 15 is 0 Å². The van der Waals surface area contributed by atoms with Crippen molar-refractivity contribution in [3.8, 4) is 0 Å². The van der Waals surface area contributed by atoms with Crippen LogP contribution in [0.15, 0.2) is 24.3 Å². The molecule has 0 saturated heterocycles. The summed E-state index contributed by atoms with van der Waals surface area (Å²) in [6.45, 7) is 4.87. The second-order valence-electron chi connectivity index (χ2n) is 5.22. The van der Waals surface area contributed by atoms with E-state index in [4.69, 9.17) is 5.11 Å². The molecule has 1 atom stereocenters. The summed E-state index contributed by atoms with van der Waals surface area (Å²) >= 11 is 0. The average Bonchev–Trinajstić information content (AvgIpc) is 2.29. The highest BCUT2D eigenvalue weighted by Gasteiger charge is 2.36. The van der Waals surface area contributed by atoms with E-state index in [0.717, 1.165) is 5.56 Å². The third-order valence-electron chi connectivity index (χ3n) is 2.90. The number of sulfone groups is 1. The van der Waals surface area contributed by atoms with Crippen molar-refractivity contribution in [1.82, 2.24) is 0 Å². The maximum atomic E-state index is 12.0. The van der Waals surface area contributed by atoms with Crippen LogP contribution in [0.3, 0.4) is 0 Å². The first-order valence-electron chi connectivity index (χ1n) is 6.44. The lowest BCUT2D eigenvalue weighted by Gasteiger charge is -2.16. The van der Waals surface area contributed by atoms with Crippen molar-refractivity contribution in [3.05, 3.63) is 29.8 Å². The van der Waals surface area contributed by atoms with Gasteiger partial charge in [0.25, 0.3) is 0 Å². The summed E-state index contributed by atoms with van der Waals surface area (Å²) in [4.78, 5) is 22.8. The second kappa shape index (κ2) is 6.71. The van der Waals surface area contributed by atoms with Gasteiger partial charge in [0.1, 0.15) is 5.75 Å². The molecule has 0 radical (unpaired) electrons. The molecule has 1 aromatic rings. The number of anilines is 1. The number of carbonyl (C=O) groups excluding carboxylic acids is 1. The fourth-order valence-corrected chi connectivity index (χ4v) is 3.71. The van der Waals surface area contributed by atoms with Crippen LogP contribution in [0.4, 0.5) is 5.69 Å². The Morgan fingerprint density at radius 3 is 2.14 bits per heavy atom. The highest BCUT2D eigenvalue weighted by molar-refractivity contribution is 7.93. The number of benzene rings is 1. The van der Waals surface area contributed by atoms with E-state index in [1.54, 1.807) is 24.3 Å². The number of carboxylic acid groups (broad SMARTS) is 1. The number of carboxylic acids is 1. The lowest BCUT2D eigenvalue weighted by Crippen LogP contribution is -2.39. The van der Waals surface area contributed by atoms with Gasteiger partial charge in [-0.3, -0.25) is 9.59 Å². The smallest absolute Gasteiger partial charge is 0.322 e. The van der Waals surface area contributed by atoms with Gasteiger partial charge in [-0.25, -0.2) is 8.42 Å². The zero-order chi connectivity index (χ0) is 16.2. The molecule has 0 aliphatic heterocycles. The van der Waals surface area contributed by atoms with E-state index < -0.39 is 38.6 Å². The molecular formula is C14H19NO5S. The normalized spacial score (nSPS) is 13.0. The molecule has 2 N–H and O–H groups in total. The summed E-state index contributed by atoms with van der Waals surface area (Å²) in [5.41, 5.74) is 1.48. The molecular weight excluding hydrogens is 294 g/mol. The van der Waals surface area contributed by atoms with Gasteiger partial charge in [0.05, 0.1) is 0 Å². The topological polar surface area (TPSA) is 101 Å². The zero-order valence-electron chi connectivity index (χ0n) is 12.2. The van der Waals surface area contributed by atoms with E-state index in [-0.39, 0.29) is 0 Å². The minimum atomic E-state index is -4.06. The molecule has 1 rings (SSSR count). The van der Waals surface area contributed by atoms with E-state index in [1.807, 2.05) is 6.92 Å². The maximum Gasteiger partial charge on any atom is 0.322 e. The quantitative estimate of drug-likeness (QED) is 0.828. The fourth-order valence-electron chi connectivity index (χ4n) is 1.96. The zero-order valence-corrected chi connectivity index (χ0v) is 13.0. The van der Waals surface area contributed by atoms with E-state index in [9.17, 15) is 18.0 Å². The highest BCUT2D eigenvalue weighted by atomic mass is 32.2. The third-order valence-corrected chi connectivity index (χ3v) is 5.09. The average molecular weight is 313 g/mol. The SMILES string of the molecule is Cc1ccc(NC(=O)CS(=O)(=O)C(C(=O)O)C(C)C)cc1. The molecule has 0 saturated carbocycles. The van der Waals surface area contributed by atoms with Crippen molar-refractivity contribution >= 4 is 27.4 Å². The largest absolute Gasteiger partial charge is 0.480 e. The van der Waals surface area contributed by atoms with Gasteiger partial charge < -0.3 is 10.4 Å². The number of aliphatic carboxylic acids is 1. The molecule has 21 heavy (non-hydrogen) atoms. The summed E-state index contributed by atoms with van der Waals surface area (Å²) in [5, 5.41) is 9.87. The second-order valence-corrected chi connectivity index (χ2v) is 7.35. The molecule has 116 valence electrons. The van der Waals surface area contributed by atoms with Gasteiger partial charge in [0, 0.05) is 5.69 Å². The number of aryl methyl sites for hydroxylation is 1. The summed E-state index contributed by atoms with van der Waals surface area (Å²) in [5.74, 6) is -3.64. The number of hydrogen-bond donors (Lipinski definition) is 2. The number of carbonyl (C=O) groups is 2. The van der Waals surface area contributed by atoms with Crippen LogP contribution in [0.25, 0.3) is 0 Å². The number of nitrogens with one attached hydrogen (secondary N) is 1. The van der Waals surface area contributed by atoms with E-state index in [0.29, 0.717) is 5.69 Å². The summed E-state index contributed by atoms with van der Waals surface area (Å²) in [6.07, 6.45) is 0. The Bertz CT molecular complexity index is 619. The predicted octanol–water partition coefficient (Wildman–Crippen LogP) is 1.46. The van der Waals surface area contributed by atoms with Gasteiger partial charge in [-0.1, -0.05) is 31.5 Å². The van der Waals surface area contributed by atoms with Crippen molar-refractivity contribution in [2.45, 2.75) is 26.0 Å². The van der Waals surface area contributed by atoms with Crippen LogP contribution >= 0.6 is 0 Å². The van der Waals surface area contributed by atoms with Crippen LogP contribution in [0, 0.1) is 12.8 Å². The van der Waals surface area contributed by atoms with Gasteiger partial charge in [0.15, 0.2) is 15.1 Å². The lowest BCUT2D eigenvalue weighted by atomic mass is 10.1. The third kappa shape index (κ3) is 4.86. The predicted molar refractivity (Wildman–Crippen MR) is 79.9 cm³/mol. The first-order valence-corrected chi connectivity index (χ1v) is 8.16. The number of rotatable bonds is 6. The molecule has 0 fully saturated rings. The van der Waals surface area contributed by atoms with Crippen molar-refractivity contribution in [2.75, 3.05) is 11.1 Å². The lowest BCUT2D eigenvalue weighted by molar-refractivity contribution is -0.137. The van der Waals surface area contributed by atoms with Crippen LogP contribution < -0.4 is 5.32 Å². The molecule has 6 nitrogen and oxygen atoms in total. The summed E-state index contributed by atoms with van der Waals surface area (Å²) < 4.78 is 24.1. The van der Waals surface area contributed by atoms with Crippen molar-refractivity contribution in [3.63, 3.8) is 0 Å². The molecule has 1 aromatic carbocycles. The van der Waals surface area contributed by atoms with Crippen LogP contribution in [-0.2, 0) is 19.4 Å². The van der Waals surface area contributed by atoms with Crippen molar-refractivity contribution in [2.24, 2.45) is 5.92 Å². The Labute approximate surface area is 124 Å². The van der Waals surface area contributed by atoms with Gasteiger partial charge in [-0.15, -0.1) is 0 Å². The molecule has 0 aromatic heterocycles. The van der Waals surface area contributed by atoms with Crippen molar-refractivity contribution < 1.29 is 23.1 Å². The molecule has 0 heterocycles. The van der Waals surface area contributed by atoms with Crippen LogP contribution in [0.5, 0.6) is 0 Å². The monoisotopic (exact) mass is 313 g/mol. The van der Waals surface area contributed by atoms with Gasteiger partial charge >= 0.3 is 5.97 Å². The number of amides is 1. The Morgan fingerprint density at radius 1 is 1.19 bits per heavy atom. The van der Waals surface area contributed by atoms with Crippen LogP contribution in [0.2, 0.25) is 0 Å². The first kappa shape index (κ1) is 17.2. The Morgan fingerprint density at radius 2 is 1.71 bits per heavy atom. The minimum absolute atomic E-state index is 0.470. The molecule has 0 aliphatic rings. The first-order chi connectivity index (χ1) is 9.63. The minimum Gasteiger partial charge on any atom is -0.480 e. The van der Waals surface area contributed by atoms with Crippen molar-refractivity contribution in [1.29, 1.82) is 0 Å². The molecule has 0 bridgehead atoms. The standard InChI is InChI=1S/C14H19NO5S/c1-9(2)13(14(17)18)21(19,20)8-12(16)15-11-6-4-10(3)5-7-11/h4-7,9,13H,8H2,1-3H3,(H,15,16)(H,17,18). The Balaban J connectivity index is 2.81. The fraction of sp³-hybridized carbons (Fsp3) is 0.429. The molecule has 7 heteroatoms. The van der Waals surface area contributed by atoms with Crippen LogP contribution in [0.1, 0.15) is 19.4 Å². The van der Waals surface area contributed by atoms with E-state index in [1.165, 1.54) is 13.8 Å². The highest BCUT2D eigenvalue weighted by Crippen LogP contribution is 2.15. The molecule has 1 unspecified atom stereocenters. The summed E-state index contributed by atoms with van der Waals surface area (Å²) in [6, 6.07) is 6.85. The van der Waals surface area contributed by atoms with Gasteiger partial charge in [0.2, 0.25) is 5.91 Å².